The summed E-state index contributed by atoms with van der Waals surface area (Å²) in [6.07, 6.45) is -0.197. The Morgan fingerprint density at radius 3 is 2.76 bits per heavy atom. The maximum Gasteiger partial charge on any atom is 0.246 e. The van der Waals surface area contributed by atoms with E-state index in [0.717, 1.165) is 17.1 Å². The minimum Gasteiger partial charge on any atom is -0.497 e. The van der Waals surface area contributed by atoms with E-state index in [1.807, 2.05) is 18.2 Å². The first-order valence-electron chi connectivity index (χ1n) is 5.35. The van der Waals surface area contributed by atoms with Crippen molar-refractivity contribution < 1.29 is 19.0 Å². The van der Waals surface area contributed by atoms with Gasteiger partial charge in [0.2, 0.25) is 5.91 Å². The van der Waals surface area contributed by atoms with E-state index in [1.165, 1.54) is 0 Å². The van der Waals surface area contributed by atoms with Gasteiger partial charge in [-0.15, -0.1) is 0 Å². The Bertz CT molecular complexity index is 409. The van der Waals surface area contributed by atoms with Crippen molar-refractivity contribution in [2.24, 2.45) is 0 Å². The summed E-state index contributed by atoms with van der Waals surface area (Å²) in [5.41, 5.74) is 0.881. The van der Waals surface area contributed by atoms with Crippen molar-refractivity contribution in [3.05, 3.63) is 23.8 Å². The fraction of sp³-hybridized carbons (Fsp3) is 0.417. The van der Waals surface area contributed by atoms with Crippen molar-refractivity contribution in [1.29, 1.82) is 0 Å². The summed E-state index contributed by atoms with van der Waals surface area (Å²) in [7, 11) is 3.21. The Balaban J connectivity index is 2.25. The molecule has 2 rings (SSSR count). The molecule has 1 atom stereocenters. The maximum absolute atomic E-state index is 11.0. The highest BCUT2D eigenvalue weighted by molar-refractivity contribution is 5.77. The van der Waals surface area contributed by atoms with E-state index >= 15 is 0 Å². The fourth-order valence-corrected chi connectivity index (χ4v) is 1.78. The molecule has 0 radical (unpaired) electrons. The Morgan fingerprint density at radius 2 is 2.18 bits per heavy atom. The molecule has 1 amide bonds. The molecular weight excluding hydrogens is 222 g/mol. The molecule has 1 heterocycles. The van der Waals surface area contributed by atoms with Gasteiger partial charge in [-0.1, -0.05) is 0 Å². The maximum atomic E-state index is 11.0. The Kier molecular flexibility index (Phi) is 3.49. The van der Waals surface area contributed by atoms with Gasteiger partial charge in [-0.25, -0.2) is 0 Å². The number of carbonyl (C=O) groups excluding carboxylic acids is 1. The van der Waals surface area contributed by atoms with Crippen molar-refractivity contribution in [3.63, 3.8) is 0 Å². The van der Waals surface area contributed by atoms with E-state index in [9.17, 15) is 4.79 Å². The summed E-state index contributed by atoms with van der Waals surface area (Å²) in [5.74, 6) is 1.37. The zero-order valence-electron chi connectivity index (χ0n) is 9.86. The number of amides is 1. The predicted octanol–water partition coefficient (Wildman–Crippen LogP) is 0.891. The van der Waals surface area contributed by atoms with Crippen LogP contribution in [0.1, 0.15) is 11.7 Å². The molecule has 0 unspecified atom stereocenters. The van der Waals surface area contributed by atoms with Crippen molar-refractivity contribution >= 4 is 5.91 Å². The summed E-state index contributed by atoms with van der Waals surface area (Å²) in [6.45, 7) is 0.521. The monoisotopic (exact) mass is 237 g/mol. The lowest BCUT2D eigenvalue weighted by molar-refractivity contribution is -0.133. The molecule has 5 nitrogen and oxygen atoms in total. The number of hydrogen-bond donors (Lipinski definition) is 1. The first-order valence-corrected chi connectivity index (χ1v) is 5.35. The number of hydrogen-bond acceptors (Lipinski definition) is 4. The normalized spacial score (nSPS) is 19.6. The van der Waals surface area contributed by atoms with Gasteiger partial charge in [0.1, 0.15) is 24.2 Å². The quantitative estimate of drug-likeness (QED) is 0.848. The number of nitrogens with one attached hydrogen (secondary N) is 1. The first-order chi connectivity index (χ1) is 8.24. The van der Waals surface area contributed by atoms with Crippen LogP contribution >= 0.6 is 0 Å². The molecule has 1 fully saturated rings. The zero-order chi connectivity index (χ0) is 12.3. The van der Waals surface area contributed by atoms with Crippen LogP contribution in [0.2, 0.25) is 0 Å². The van der Waals surface area contributed by atoms with Crippen molar-refractivity contribution in [2.45, 2.75) is 6.10 Å². The summed E-state index contributed by atoms with van der Waals surface area (Å²) < 4.78 is 15.9. The highest BCUT2D eigenvalue weighted by Crippen LogP contribution is 2.31. The SMILES string of the molecule is COc1ccc(OC)c([C@@H]2CNC(=O)CO2)c1. The standard InChI is InChI=1S/C12H15NO4/c1-15-8-3-4-10(16-2)9(5-8)11-6-13-12(14)7-17-11/h3-5,11H,6-7H2,1-2H3,(H,13,14)/t11-/m0/s1. The number of rotatable bonds is 3. The molecule has 1 aromatic rings. The van der Waals surface area contributed by atoms with Crippen LogP contribution in [0.15, 0.2) is 18.2 Å². The molecular formula is C12H15NO4. The van der Waals surface area contributed by atoms with E-state index in [1.54, 1.807) is 14.2 Å². The van der Waals surface area contributed by atoms with Gasteiger partial charge in [0, 0.05) is 12.1 Å². The van der Waals surface area contributed by atoms with Gasteiger partial charge >= 0.3 is 0 Å². The second kappa shape index (κ2) is 5.05. The summed E-state index contributed by atoms with van der Waals surface area (Å²) in [6, 6.07) is 5.51. The third-order valence-electron chi connectivity index (χ3n) is 2.68. The van der Waals surface area contributed by atoms with Gasteiger partial charge in [-0.3, -0.25) is 4.79 Å². The molecule has 92 valence electrons. The Hall–Kier alpha value is -1.75. The molecule has 1 N–H and O–H groups in total. The molecule has 5 heteroatoms. The van der Waals surface area contributed by atoms with Crippen molar-refractivity contribution in [2.75, 3.05) is 27.4 Å². The predicted molar refractivity (Wildman–Crippen MR) is 61.2 cm³/mol. The molecule has 1 saturated heterocycles. The number of methoxy groups -OCH3 is 2. The average molecular weight is 237 g/mol. The summed E-state index contributed by atoms with van der Waals surface area (Å²) in [4.78, 5) is 11.0. The lowest BCUT2D eigenvalue weighted by Gasteiger charge is -2.25. The van der Waals surface area contributed by atoms with Crippen LogP contribution in [0, 0.1) is 0 Å². The first kappa shape index (κ1) is 11.7. The van der Waals surface area contributed by atoms with E-state index in [0.29, 0.717) is 6.54 Å². The molecule has 1 aliphatic heterocycles. The molecule has 0 aliphatic carbocycles. The van der Waals surface area contributed by atoms with Gasteiger partial charge in [-0.05, 0) is 18.2 Å². The lowest BCUT2D eigenvalue weighted by Crippen LogP contribution is -2.38. The fourth-order valence-electron chi connectivity index (χ4n) is 1.78. The van der Waals surface area contributed by atoms with Crippen LogP contribution in [-0.4, -0.2) is 33.3 Å². The number of ether oxygens (including phenoxy) is 3. The molecule has 1 aromatic carbocycles. The smallest absolute Gasteiger partial charge is 0.246 e. The molecule has 0 aromatic heterocycles. The van der Waals surface area contributed by atoms with Gasteiger partial charge < -0.3 is 19.5 Å². The molecule has 0 spiro atoms. The second-order valence-corrected chi connectivity index (χ2v) is 3.71. The Morgan fingerprint density at radius 1 is 1.35 bits per heavy atom. The van der Waals surface area contributed by atoms with Crippen molar-refractivity contribution in [1.82, 2.24) is 5.32 Å². The van der Waals surface area contributed by atoms with Crippen LogP contribution < -0.4 is 14.8 Å². The summed E-state index contributed by atoms with van der Waals surface area (Å²) in [5, 5.41) is 2.76. The average Bonchev–Trinajstić information content (AvgIpc) is 2.39. The lowest BCUT2D eigenvalue weighted by atomic mass is 10.1. The van der Waals surface area contributed by atoms with Gasteiger partial charge in [0.05, 0.1) is 14.2 Å². The highest BCUT2D eigenvalue weighted by Gasteiger charge is 2.23. The highest BCUT2D eigenvalue weighted by atomic mass is 16.5. The second-order valence-electron chi connectivity index (χ2n) is 3.71. The Labute approximate surface area is 99.7 Å². The minimum absolute atomic E-state index is 0.0744. The van der Waals surface area contributed by atoms with Gasteiger partial charge in [-0.2, -0.15) is 0 Å². The van der Waals surface area contributed by atoms with E-state index in [4.69, 9.17) is 14.2 Å². The van der Waals surface area contributed by atoms with Crippen LogP contribution in [0.4, 0.5) is 0 Å². The molecule has 17 heavy (non-hydrogen) atoms. The molecule has 1 aliphatic rings. The van der Waals surface area contributed by atoms with Crippen LogP contribution in [-0.2, 0) is 9.53 Å². The molecule has 0 bridgehead atoms. The van der Waals surface area contributed by atoms with E-state index < -0.39 is 0 Å². The minimum atomic E-state index is -0.197. The van der Waals surface area contributed by atoms with E-state index in [2.05, 4.69) is 5.32 Å². The topological polar surface area (TPSA) is 56.8 Å². The largest absolute Gasteiger partial charge is 0.497 e. The van der Waals surface area contributed by atoms with Gasteiger partial charge in [0.15, 0.2) is 0 Å². The summed E-state index contributed by atoms with van der Waals surface area (Å²) >= 11 is 0. The zero-order valence-corrected chi connectivity index (χ0v) is 9.86. The van der Waals surface area contributed by atoms with E-state index in [-0.39, 0.29) is 18.6 Å². The third kappa shape index (κ3) is 2.50. The van der Waals surface area contributed by atoms with Crippen LogP contribution in [0.25, 0.3) is 0 Å². The van der Waals surface area contributed by atoms with Crippen LogP contribution in [0.3, 0.4) is 0 Å². The third-order valence-corrected chi connectivity index (χ3v) is 2.68. The molecule has 0 saturated carbocycles. The number of carbonyl (C=O) groups is 1. The number of morpholine rings is 1. The van der Waals surface area contributed by atoms with Crippen LogP contribution in [0.5, 0.6) is 11.5 Å². The van der Waals surface area contributed by atoms with Crippen molar-refractivity contribution in [3.8, 4) is 11.5 Å². The number of benzene rings is 1. The van der Waals surface area contributed by atoms with Gasteiger partial charge in [0.25, 0.3) is 0 Å².